The van der Waals surface area contributed by atoms with Crippen LogP contribution >= 0.6 is 0 Å². The summed E-state index contributed by atoms with van der Waals surface area (Å²) >= 11 is 0. The molecule has 1 rings (SSSR count). The summed E-state index contributed by atoms with van der Waals surface area (Å²) in [6.07, 6.45) is 1.80. The fourth-order valence-electron chi connectivity index (χ4n) is 2.30. The van der Waals surface area contributed by atoms with E-state index in [9.17, 15) is 5.26 Å². The largest absolute Gasteiger partial charge is 0.493 e. The zero-order chi connectivity index (χ0) is 15.9. The molecule has 0 amide bonds. The number of hydrogen-bond acceptors (Lipinski definition) is 3. The van der Waals surface area contributed by atoms with Gasteiger partial charge in [-0.25, -0.2) is 0 Å². The lowest BCUT2D eigenvalue weighted by atomic mass is 9.98. The molecule has 1 aromatic carbocycles. The summed E-state index contributed by atoms with van der Waals surface area (Å²) in [4.78, 5) is 0. The van der Waals surface area contributed by atoms with Gasteiger partial charge < -0.3 is 4.74 Å². The van der Waals surface area contributed by atoms with Crippen LogP contribution in [0.15, 0.2) is 24.3 Å². The van der Waals surface area contributed by atoms with E-state index in [1.165, 1.54) is 5.56 Å². The summed E-state index contributed by atoms with van der Waals surface area (Å²) < 4.78 is 5.76. The predicted octanol–water partition coefficient (Wildman–Crippen LogP) is 4.25. The summed E-state index contributed by atoms with van der Waals surface area (Å²) in [6.45, 7) is 11.0. The standard InChI is InChI=1S/C18H28N2O/c1-6-15(4)16-7-9-17(10-8-16)21-12-11-18(5,13-19)20-14(2)3/h7-10,14-15,20H,6,11-12H2,1-5H3. The van der Waals surface area contributed by atoms with E-state index in [1.54, 1.807) is 0 Å². The third kappa shape index (κ3) is 5.77. The van der Waals surface area contributed by atoms with Crippen LogP contribution < -0.4 is 10.1 Å². The molecular weight excluding hydrogens is 260 g/mol. The molecule has 3 nitrogen and oxygen atoms in total. The van der Waals surface area contributed by atoms with Gasteiger partial charge in [0.05, 0.1) is 12.7 Å². The number of nitrogens with zero attached hydrogens (tertiary/aromatic N) is 1. The molecular formula is C18H28N2O. The summed E-state index contributed by atoms with van der Waals surface area (Å²) in [5, 5.41) is 12.6. The highest BCUT2D eigenvalue weighted by Gasteiger charge is 2.24. The summed E-state index contributed by atoms with van der Waals surface area (Å²) in [5.74, 6) is 1.45. The van der Waals surface area contributed by atoms with E-state index < -0.39 is 5.54 Å². The van der Waals surface area contributed by atoms with Crippen LogP contribution in [0.1, 0.15) is 58.9 Å². The third-order valence-electron chi connectivity index (χ3n) is 3.79. The molecule has 0 spiro atoms. The molecule has 0 fully saturated rings. The van der Waals surface area contributed by atoms with Crippen molar-refractivity contribution in [2.75, 3.05) is 6.61 Å². The molecule has 0 aliphatic rings. The number of hydrogen-bond donors (Lipinski definition) is 1. The van der Waals surface area contributed by atoms with Gasteiger partial charge in [0.2, 0.25) is 0 Å². The number of benzene rings is 1. The molecule has 1 N–H and O–H groups in total. The quantitative estimate of drug-likeness (QED) is 0.777. The normalized spacial score (nSPS) is 15.3. The maximum Gasteiger partial charge on any atom is 0.119 e. The first-order valence-electron chi connectivity index (χ1n) is 7.82. The Kier molecular flexibility index (Phi) is 6.71. The molecule has 0 aromatic heterocycles. The smallest absolute Gasteiger partial charge is 0.119 e. The molecule has 0 bridgehead atoms. The Morgan fingerprint density at radius 2 is 1.86 bits per heavy atom. The summed E-state index contributed by atoms with van der Waals surface area (Å²) in [6, 6.07) is 10.9. The van der Waals surface area contributed by atoms with E-state index in [2.05, 4.69) is 37.4 Å². The van der Waals surface area contributed by atoms with Gasteiger partial charge in [0.25, 0.3) is 0 Å². The second kappa shape index (κ2) is 8.05. The van der Waals surface area contributed by atoms with Crippen LogP contribution in [0, 0.1) is 11.3 Å². The van der Waals surface area contributed by atoms with Crippen molar-refractivity contribution >= 4 is 0 Å². The van der Waals surface area contributed by atoms with Crippen molar-refractivity contribution in [3.8, 4) is 11.8 Å². The van der Waals surface area contributed by atoms with Crippen molar-refractivity contribution in [3.63, 3.8) is 0 Å². The maximum absolute atomic E-state index is 9.29. The highest BCUT2D eigenvalue weighted by molar-refractivity contribution is 5.29. The predicted molar refractivity (Wildman–Crippen MR) is 87.5 cm³/mol. The summed E-state index contributed by atoms with van der Waals surface area (Å²) in [7, 11) is 0. The van der Waals surface area contributed by atoms with Gasteiger partial charge in [-0.3, -0.25) is 5.32 Å². The first-order chi connectivity index (χ1) is 9.90. The lowest BCUT2D eigenvalue weighted by molar-refractivity contribution is 0.260. The average Bonchev–Trinajstić information content (AvgIpc) is 2.46. The molecule has 0 aliphatic carbocycles. The molecule has 0 saturated carbocycles. The lowest BCUT2D eigenvalue weighted by Gasteiger charge is -2.25. The van der Waals surface area contributed by atoms with Gasteiger partial charge in [-0.15, -0.1) is 0 Å². The Bertz CT molecular complexity index is 461. The van der Waals surface area contributed by atoms with E-state index >= 15 is 0 Å². The Labute approximate surface area is 129 Å². The van der Waals surface area contributed by atoms with Crippen LogP contribution in [0.2, 0.25) is 0 Å². The highest BCUT2D eigenvalue weighted by Crippen LogP contribution is 2.22. The molecule has 0 radical (unpaired) electrons. The second-order valence-electron chi connectivity index (χ2n) is 6.22. The Hall–Kier alpha value is -1.53. The third-order valence-corrected chi connectivity index (χ3v) is 3.79. The van der Waals surface area contributed by atoms with Crippen LogP contribution in [0.25, 0.3) is 0 Å². The van der Waals surface area contributed by atoms with Crippen LogP contribution in [-0.4, -0.2) is 18.2 Å². The van der Waals surface area contributed by atoms with Gasteiger partial charge >= 0.3 is 0 Å². The zero-order valence-electron chi connectivity index (χ0n) is 13.9. The molecule has 21 heavy (non-hydrogen) atoms. The Balaban J connectivity index is 2.50. The maximum atomic E-state index is 9.29. The van der Waals surface area contributed by atoms with E-state index in [1.807, 2.05) is 32.9 Å². The minimum absolute atomic E-state index is 0.282. The second-order valence-corrected chi connectivity index (χ2v) is 6.22. The number of rotatable bonds is 8. The van der Waals surface area contributed by atoms with Crippen LogP contribution in [-0.2, 0) is 0 Å². The van der Waals surface area contributed by atoms with Crippen molar-refractivity contribution in [1.29, 1.82) is 5.26 Å². The Morgan fingerprint density at radius 1 is 1.24 bits per heavy atom. The average molecular weight is 288 g/mol. The molecule has 1 aromatic rings. The molecule has 2 atom stereocenters. The van der Waals surface area contributed by atoms with Crippen LogP contribution in [0.3, 0.4) is 0 Å². The van der Waals surface area contributed by atoms with Crippen molar-refractivity contribution in [1.82, 2.24) is 5.32 Å². The first kappa shape index (κ1) is 17.5. The monoisotopic (exact) mass is 288 g/mol. The fourth-order valence-corrected chi connectivity index (χ4v) is 2.30. The van der Waals surface area contributed by atoms with Gasteiger partial charge in [0.15, 0.2) is 0 Å². The molecule has 3 heteroatoms. The lowest BCUT2D eigenvalue weighted by Crippen LogP contribution is -2.45. The number of ether oxygens (including phenoxy) is 1. The molecule has 0 saturated heterocycles. The highest BCUT2D eigenvalue weighted by atomic mass is 16.5. The molecule has 0 aliphatic heterocycles. The van der Waals surface area contributed by atoms with Crippen molar-refractivity contribution in [3.05, 3.63) is 29.8 Å². The molecule has 2 unspecified atom stereocenters. The topological polar surface area (TPSA) is 45.0 Å². The first-order valence-corrected chi connectivity index (χ1v) is 7.82. The molecule has 116 valence electrons. The van der Waals surface area contributed by atoms with Gasteiger partial charge in [-0.2, -0.15) is 5.26 Å². The van der Waals surface area contributed by atoms with Gasteiger partial charge in [-0.1, -0.05) is 26.0 Å². The van der Waals surface area contributed by atoms with Crippen molar-refractivity contribution < 1.29 is 4.74 Å². The van der Waals surface area contributed by atoms with E-state index in [0.29, 0.717) is 18.9 Å². The van der Waals surface area contributed by atoms with Crippen LogP contribution in [0.5, 0.6) is 5.75 Å². The Morgan fingerprint density at radius 3 is 2.33 bits per heavy atom. The van der Waals surface area contributed by atoms with Crippen LogP contribution in [0.4, 0.5) is 0 Å². The van der Waals surface area contributed by atoms with Gasteiger partial charge in [0, 0.05) is 12.5 Å². The van der Waals surface area contributed by atoms with Gasteiger partial charge in [0.1, 0.15) is 11.3 Å². The number of nitrogens with one attached hydrogen (secondary N) is 1. The van der Waals surface area contributed by atoms with Crippen molar-refractivity contribution in [2.24, 2.45) is 0 Å². The number of nitriles is 1. The molecule has 0 heterocycles. The minimum Gasteiger partial charge on any atom is -0.493 e. The van der Waals surface area contributed by atoms with E-state index in [-0.39, 0.29) is 6.04 Å². The summed E-state index contributed by atoms with van der Waals surface area (Å²) in [5.41, 5.74) is 0.804. The fraction of sp³-hybridized carbons (Fsp3) is 0.611. The van der Waals surface area contributed by atoms with Gasteiger partial charge in [-0.05, 0) is 50.8 Å². The van der Waals surface area contributed by atoms with Crippen molar-refractivity contribution in [2.45, 2.75) is 65.0 Å². The SMILES string of the molecule is CCC(C)c1ccc(OCCC(C)(C#N)NC(C)C)cc1. The van der Waals surface area contributed by atoms with E-state index in [4.69, 9.17) is 4.74 Å². The minimum atomic E-state index is -0.537. The zero-order valence-corrected chi connectivity index (χ0v) is 13.9. The van der Waals surface area contributed by atoms with E-state index in [0.717, 1.165) is 12.2 Å².